The number of hydrogen-bond donors (Lipinski definition) is 1. The smallest absolute Gasteiger partial charge is 0.221 e. The van der Waals surface area contributed by atoms with E-state index in [0.717, 1.165) is 0 Å². The average Bonchev–Trinajstić information content (AvgIpc) is 1.59. The molecule has 0 radical (unpaired) electrons. The molecule has 0 unspecified atom stereocenters. The minimum atomic E-state index is 0.459. The van der Waals surface area contributed by atoms with Crippen LogP contribution in [-0.2, 0) is 4.89 Å². The molecule has 0 heterocycles. The highest BCUT2D eigenvalue weighted by molar-refractivity contribution is 4.78. The first kappa shape index (κ1) is 7.28. The predicted octanol–water partition coefficient (Wildman–Crippen LogP) is 0.101. The molecule has 3 heteroatoms. The summed E-state index contributed by atoms with van der Waals surface area (Å²) in [4.78, 5) is 3.54. The lowest BCUT2D eigenvalue weighted by atomic mass is 10.7. The first-order valence-corrected chi connectivity index (χ1v) is 2.20. The van der Waals surface area contributed by atoms with E-state index in [1.165, 1.54) is 0 Å². The summed E-state index contributed by atoms with van der Waals surface area (Å²) in [5.41, 5.74) is 0. The molecule has 0 aromatic rings. The van der Waals surface area contributed by atoms with Crippen molar-refractivity contribution in [1.82, 2.24) is 0 Å². The third kappa shape index (κ3) is 5.28. The van der Waals surface area contributed by atoms with E-state index in [1.807, 2.05) is 21.1 Å². The molecule has 0 aliphatic heterocycles. The van der Waals surface area contributed by atoms with Gasteiger partial charge in [0, 0.05) is 0 Å². The fraction of sp³-hybridized carbons (Fsp3) is 0.600. The molecule has 0 aliphatic carbocycles. The van der Waals surface area contributed by atoms with E-state index in [4.69, 9.17) is 5.26 Å². The quantitative estimate of drug-likeness (QED) is 0.210. The van der Waals surface area contributed by atoms with Gasteiger partial charge in [-0.2, -0.15) is 5.26 Å². The first-order valence-electron chi connectivity index (χ1n) is 2.20. The Labute approximate surface area is 49.0 Å². The summed E-state index contributed by atoms with van der Waals surface area (Å²) in [6, 6.07) is 2.59. The molecule has 0 rings (SSSR count). The Bertz CT molecular complexity index is 115. The van der Waals surface area contributed by atoms with Crippen molar-refractivity contribution in [2.45, 2.75) is 0 Å². The summed E-state index contributed by atoms with van der Waals surface area (Å²) in [5, 5.41) is 7.75. The van der Waals surface area contributed by atoms with E-state index >= 15 is 0 Å². The molecule has 0 aliphatic rings. The minimum absolute atomic E-state index is 0.459. The number of quaternary nitrogens is 1. The van der Waals surface area contributed by atoms with Gasteiger partial charge in [-0.15, -0.1) is 0 Å². The molecule has 46 valence electrons. The third-order valence-corrected chi connectivity index (χ3v) is 0.427. The van der Waals surface area contributed by atoms with E-state index in [2.05, 4.69) is 17.0 Å². The maximum atomic E-state index is 7.75. The van der Waals surface area contributed by atoms with E-state index in [-0.39, 0.29) is 0 Å². The second-order valence-corrected chi connectivity index (χ2v) is 2.32. The predicted molar refractivity (Wildman–Crippen MR) is 29.5 cm³/mol. The van der Waals surface area contributed by atoms with E-state index in [0.29, 0.717) is 4.48 Å². The van der Waals surface area contributed by atoms with Gasteiger partial charge in [-0.1, -0.05) is 0 Å². The summed E-state index contributed by atoms with van der Waals surface area (Å²) in [5.74, 6) is 0. The maximum absolute atomic E-state index is 7.75. The van der Waals surface area contributed by atoms with Crippen molar-refractivity contribution in [3.05, 3.63) is 0 Å². The Balaban J connectivity index is 3.69. The summed E-state index contributed by atoms with van der Waals surface area (Å²) in [6.45, 7) is 0. The average molecular weight is 116 g/mol. The van der Waals surface area contributed by atoms with Crippen molar-refractivity contribution in [2.75, 3.05) is 21.1 Å². The van der Waals surface area contributed by atoms with Crippen LogP contribution in [0, 0.1) is 12.2 Å². The summed E-state index contributed by atoms with van der Waals surface area (Å²) < 4.78 is 0.459. The largest absolute Gasteiger partial charge is 0.280 e. The van der Waals surface area contributed by atoms with Crippen molar-refractivity contribution >= 4 is 0 Å². The van der Waals surface area contributed by atoms with Gasteiger partial charge in [-0.05, 0) is 0 Å². The van der Waals surface area contributed by atoms with E-state index < -0.39 is 0 Å². The first-order chi connectivity index (χ1) is 3.56. The monoisotopic (exact) mass is 116 g/mol. The fourth-order valence-electron chi connectivity index (χ4n) is 0.157. The lowest BCUT2D eigenvalue weighted by molar-refractivity contribution is -0.800. The van der Waals surface area contributed by atoms with Crippen LogP contribution in [0.25, 0.3) is 0 Å². The summed E-state index contributed by atoms with van der Waals surface area (Å²) in [6.07, 6.45) is 2.07. The molecule has 0 amide bonds. The molecule has 0 atom stereocenters. The van der Waals surface area contributed by atoms with Crippen molar-refractivity contribution in [3.63, 3.8) is 0 Å². The lowest BCUT2D eigenvalue weighted by Crippen LogP contribution is -2.27. The highest BCUT2D eigenvalue weighted by Gasteiger charge is 1.99. The second kappa shape index (κ2) is 2.55. The molecule has 1 N–H and O–H groups in total. The van der Waals surface area contributed by atoms with Gasteiger partial charge in [0.2, 0.25) is 6.11 Å². The molecule has 3 nitrogen and oxygen atoms in total. The molecular formula is C5H10NO2+. The molecule has 8 heavy (non-hydrogen) atoms. The van der Waals surface area contributed by atoms with Gasteiger partial charge in [-0.25, -0.2) is 0 Å². The maximum Gasteiger partial charge on any atom is 0.221 e. The van der Waals surface area contributed by atoms with Gasteiger partial charge in [-0.3, -0.25) is 9.37 Å². The summed E-state index contributed by atoms with van der Waals surface area (Å²) in [7, 11) is 5.60. The Hall–Kier alpha value is -0.720. The van der Waals surface area contributed by atoms with E-state index in [9.17, 15) is 0 Å². The molecule has 0 spiro atoms. The van der Waals surface area contributed by atoms with Crippen molar-refractivity contribution in [2.24, 2.45) is 0 Å². The van der Waals surface area contributed by atoms with Crippen LogP contribution in [0.15, 0.2) is 0 Å². The highest BCUT2D eigenvalue weighted by Crippen LogP contribution is 1.82. The van der Waals surface area contributed by atoms with Gasteiger partial charge in [0.1, 0.15) is 0 Å². The lowest BCUT2D eigenvalue weighted by Gasteiger charge is -2.10. The van der Waals surface area contributed by atoms with Crippen LogP contribution in [0.5, 0.6) is 0 Å². The Kier molecular flexibility index (Phi) is 2.32. The number of hydrogen-bond acceptors (Lipinski definition) is 2. The summed E-state index contributed by atoms with van der Waals surface area (Å²) >= 11 is 0. The van der Waals surface area contributed by atoms with Crippen LogP contribution in [0.4, 0.5) is 0 Å². The number of rotatable bonds is 0. The van der Waals surface area contributed by atoms with Crippen LogP contribution >= 0.6 is 0 Å². The molecule has 0 fully saturated rings. The van der Waals surface area contributed by atoms with Gasteiger partial charge >= 0.3 is 0 Å². The standard InChI is InChI=1S/C5H9NO2/c1-6(2,3)4-5-8-7/h1-3H3/p+1. The van der Waals surface area contributed by atoms with Crippen LogP contribution in [-0.4, -0.2) is 30.9 Å². The van der Waals surface area contributed by atoms with Crippen molar-refractivity contribution < 1.29 is 14.6 Å². The molecule has 0 aromatic heterocycles. The molecule has 0 saturated carbocycles. The Morgan fingerprint density at radius 1 is 1.38 bits per heavy atom. The topological polar surface area (TPSA) is 29.5 Å². The van der Waals surface area contributed by atoms with Crippen LogP contribution in [0.2, 0.25) is 0 Å². The normalized spacial score (nSPS) is 9.50. The Morgan fingerprint density at radius 3 is 2.00 bits per heavy atom. The van der Waals surface area contributed by atoms with E-state index in [1.54, 1.807) is 0 Å². The molecule has 0 saturated heterocycles. The molecular weight excluding hydrogens is 106 g/mol. The van der Waals surface area contributed by atoms with Gasteiger partial charge in [0.05, 0.1) is 21.1 Å². The van der Waals surface area contributed by atoms with Crippen LogP contribution in [0.1, 0.15) is 0 Å². The van der Waals surface area contributed by atoms with Gasteiger partial charge < -0.3 is 0 Å². The van der Waals surface area contributed by atoms with Crippen LogP contribution in [0.3, 0.4) is 0 Å². The molecule has 0 bridgehead atoms. The van der Waals surface area contributed by atoms with Crippen molar-refractivity contribution in [3.8, 4) is 12.2 Å². The zero-order valence-electron chi connectivity index (χ0n) is 5.30. The Morgan fingerprint density at radius 2 is 1.88 bits per heavy atom. The zero-order valence-corrected chi connectivity index (χ0v) is 5.30. The molecule has 0 aromatic carbocycles. The fourth-order valence-corrected chi connectivity index (χ4v) is 0.157. The SMILES string of the molecule is C[N+](C)(C)C#COO. The van der Waals surface area contributed by atoms with Crippen molar-refractivity contribution in [1.29, 1.82) is 0 Å². The van der Waals surface area contributed by atoms with Gasteiger partial charge in [0.15, 0.2) is 6.04 Å². The zero-order chi connectivity index (χ0) is 6.62. The highest BCUT2D eigenvalue weighted by atomic mass is 17.1. The number of nitrogens with zero attached hydrogens (tertiary/aromatic N) is 1. The second-order valence-electron chi connectivity index (χ2n) is 2.32. The third-order valence-electron chi connectivity index (χ3n) is 0.427. The minimum Gasteiger partial charge on any atom is -0.280 e. The van der Waals surface area contributed by atoms with Crippen LogP contribution < -0.4 is 0 Å². The van der Waals surface area contributed by atoms with Gasteiger partial charge in [0.25, 0.3) is 0 Å².